The molecule has 2 aromatic carbocycles. The third kappa shape index (κ3) is 8.99. The van der Waals surface area contributed by atoms with Gasteiger partial charge in [-0.3, -0.25) is 14.4 Å². The molecule has 32 heavy (non-hydrogen) atoms. The van der Waals surface area contributed by atoms with Crippen molar-refractivity contribution >= 4 is 24.1 Å². The molecule has 0 radical (unpaired) electrons. The molecule has 0 saturated carbocycles. The van der Waals surface area contributed by atoms with Crippen LogP contribution in [-0.2, 0) is 20.8 Å². The van der Waals surface area contributed by atoms with E-state index in [0.717, 1.165) is 12.8 Å². The fourth-order valence-electron chi connectivity index (χ4n) is 2.78. The van der Waals surface area contributed by atoms with Crippen molar-refractivity contribution in [1.29, 1.82) is 0 Å². The lowest BCUT2D eigenvalue weighted by molar-refractivity contribution is -0.132. The van der Waals surface area contributed by atoms with Crippen LogP contribution in [0.1, 0.15) is 51.2 Å². The highest BCUT2D eigenvalue weighted by atomic mass is 16.5. The molecule has 2 rings (SSSR count). The zero-order valence-electron chi connectivity index (χ0n) is 18.6. The molecular formula is C24H28N2O6. The Bertz CT molecular complexity index is 953. The van der Waals surface area contributed by atoms with Crippen LogP contribution < -0.4 is 19.6 Å². The second-order valence-electron chi connectivity index (χ2n) is 7.07. The number of rotatable bonds is 11. The summed E-state index contributed by atoms with van der Waals surface area (Å²) in [7, 11) is 0. The van der Waals surface area contributed by atoms with Crippen molar-refractivity contribution < 1.29 is 28.6 Å². The molecule has 8 heteroatoms. The number of ether oxygens (including phenoxy) is 3. The average molecular weight is 440 g/mol. The Morgan fingerprint density at radius 3 is 2.28 bits per heavy atom. The lowest BCUT2D eigenvalue weighted by Gasteiger charge is -2.08. The average Bonchev–Trinajstić information content (AvgIpc) is 2.74. The van der Waals surface area contributed by atoms with E-state index in [9.17, 15) is 14.4 Å². The monoisotopic (exact) mass is 440 g/mol. The zero-order chi connectivity index (χ0) is 23.3. The third-order valence-electron chi connectivity index (χ3n) is 4.26. The number of nitrogens with zero attached hydrogens (tertiary/aromatic N) is 1. The molecule has 0 atom stereocenters. The fourth-order valence-corrected chi connectivity index (χ4v) is 2.78. The normalized spacial score (nSPS) is 10.6. The standard InChI is InChI=1S/C24H28N2O6/c1-4-5-6-7-19-8-11-21(12-9-19)30-16-24(29)26-25-15-20-10-13-22(31-17(2)27)14-23(20)32-18(3)28/h8-15H,4-7,16H2,1-3H3,(H,26,29). The summed E-state index contributed by atoms with van der Waals surface area (Å²) in [5.41, 5.74) is 4.01. The highest BCUT2D eigenvalue weighted by molar-refractivity contribution is 5.87. The van der Waals surface area contributed by atoms with Gasteiger partial charge in [0.05, 0.1) is 6.21 Å². The van der Waals surface area contributed by atoms with Crippen LogP contribution in [-0.4, -0.2) is 30.7 Å². The number of hydrogen-bond acceptors (Lipinski definition) is 7. The van der Waals surface area contributed by atoms with Gasteiger partial charge in [-0.2, -0.15) is 5.10 Å². The van der Waals surface area contributed by atoms with Crippen molar-refractivity contribution in [3.8, 4) is 17.2 Å². The van der Waals surface area contributed by atoms with Crippen LogP contribution in [0.25, 0.3) is 0 Å². The minimum Gasteiger partial charge on any atom is -0.484 e. The topological polar surface area (TPSA) is 103 Å². The molecule has 0 aliphatic rings. The number of amides is 1. The maximum Gasteiger partial charge on any atom is 0.308 e. The first-order valence-corrected chi connectivity index (χ1v) is 10.4. The SMILES string of the molecule is CCCCCc1ccc(OCC(=O)NN=Cc2ccc(OC(C)=O)cc2OC(C)=O)cc1. The van der Waals surface area contributed by atoms with Crippen molar-refractivity contribution in [1.82, 2.24) is 5.43 Å². The third-order valence-corrected chi connectivity index (χ3v) is 4.26. The molecule has 0 unspecified atom stereocenters. The van der Waals surface area contributed by atoms with Gasteiger partial charge in [-0.15, -0.1) is 0 Å². The summed E-state index contributed by atoms with van der Waals surface area (Å²) in [6, 6.07) is 12.1. The highest BCUT2D eigenvalue weighted by Crippen LogP contribution is 2.24. The van der Waals surface area contributed by atoms with E-state index in [1.165, 1.54) is 50.6 Å². The van der Waals surface area contributed by atoms with Gasteiger partial charge in [-0.05, 0) is 42.7 Å². The Labute approximate surface area is 187 Å². The number of benzene rings is 2. The predicted octanol–water partition coefficient (Wildman–Crippen LogP) is 3.80. The van der Waals surface area contributed by atoms with Crippen LogP contribution in [0.15, 0.2) is 47.6 Å². The summed E-state index contributed by atoms with van der Waals surface area (Å²) < 4.78 is 15.6. The Morgan fingerprint density at radius 2 is 1.62 bits per heavy atom. The first kappa shape index (κ1) is 24.6. The van der Waals surface area contributed by atoms with Crippen LogP contribution in [0.2, 0.25) is 0 Å². The number of carbonyl (C=O) groups excluding carboxylic acids is 3. The number of carbonyl (C=O) groups is 3. The molecule has 0 heterocycles. The molecule has 1 N–H and O–H groups in total. The Morgan fingerprint density at radius 1 is 0.938 bits per heavy atom. The summed E-state index contributed by atoms with van der Waals surface area (Å²) in [5.74, 6) is -0.531. The molecule has 0 aliphatic heterocycles. The van der Waals surface area contributed by atoms with Crippen LogP contribution in [0.4, 0.5) is 0 Å². The van der Waals surface area contributed by atoms with E-state index in [1.54, 1.807) is 6.07 Å². The van der Waals surface area contributed by atoms with Gasteiger partial charge in [0.2, 0.25) is 0 Å². The molecule has 2 aromatic rings. The van der Waals surface area contributed by atoms with E-state index in [1.807, 2.05) is 24.3 Å². The van der Waals surface area contributed by atoms with E-state index in [4.69, 9.17) is 14.2 Å². The summed E-state index contributed by atoms with van der Waals surface area (Å²) in [6.07, 6.45) is 5.89. The van der Waals surface area contributed by atoms with Crippen LogP contribution in [0.3, 0.4) is 0 Å². The fraction of sp³-hybridized carbons (Fsp3) is 0.333. The molecule has 1 amide bonds. The molecule has 0 spiro atoms. The number of hydrogen-bond donors (Lipinski definition) is 1. The van der Waals surface area contributed by atoms with Crippen molar-refractivity contribution in [2.75, 3.05) is 6.61 Å². The van der Waals surface area contributed by atoms with Gasteiger partial charge >= 0.3 is 11.9 Å². The summed E-state index contributed by atoms with van der Waals surface area (Å²) in [6.45, 7) is 4.48. The largest absolute Gasteiger partial charge is 0.484 e. The van der Waals surface area contributed by atoms with E-state index in [0.29, 0.717) is 11.3 Å². The molecule has 0 fully saturated rings. The van der Waals surface area contributed by atoms with Gasteiger partial charge in [0.1, 0.15) is 17.2 Å². The van der Waals surface area contributed by atoms with Gasteiger partial charge in [0, 0.05) is 25.5 Å². The Balaban J connectivity index is 1.88. The number of esters is 2. The Hall–Kier alpha value is -3.68. The first-order chi connectivity index (χ1) is 15.4. The van der Waals surface area contributed by atoms with Crippen LogP contribution in [0, 0.1) is 0 Å². The van der Waals surface area contributed by atoms with Gasteiger partial charge in [0.25, 0.3) is 5.91 Å². The second kappa shape index (κ2) is 12.9. The first-order valence-electron chi connectivity index (χ1n) is 10.4. The van der Waals surface area contributed by atoms with E-state index in [-0.39, 0.29) is 18.1 Å². The highest BCUT2D eigenvalue weighted by Gasteiger charge is 2.09. The molecule has 0 aromatic heterocycles. The molecular weight excluding hydrogens is 412 g/mol. The molecule has 0 saturated heterocycles. The summed E-state index contributed by atoms with van der Waals surface area (Å²) in [4.78, 5) is 34.4. The molecule has 8 nitrogen and oxygen atoms in total. The van der Waals surface area contributed by atoms with E-state index in [2.05, 4.69) is 17.5 Å². The van der Waals surface area contributed by atoms with Crippen molar-refractivity contribution in [3.05, 3.63) is 53.6 Å². The minimum absolute atomic E-state index is 0.143. The van der Waals surface area contributed by atoms with Gasteiger partial charge in [0.15, 0.2) is 6.61 Å². The van der Waals surface area contributed by atoms with Crippen molar-refractivity contribution in [3.63, 3.8) is 0 Å². The predicted molar refractivity (Wildman–Crippen MR) is 120 cm³/mol. The summed E-state index contributed by atoms with van der Waals surface area (Å²) >= 11 is 0. The smallest absolute Gasteiger partial charge is 0.308 e. The second-order valence-corrected chi connectivity index (χ2v) is 7.07. The van der Waals surface area contributed by atoms with Crippen molar-refractivity contribution in [2.45, 2.75) is 46.5 Å². The number of nitrogens with one attached hydrogen (secondary N) is 1. The van der Waals surface area contributed by atoms with Gasteiger partial charge in [-0.25, -0.2) is 5.43 Å². The van der Waals surface area contributed by atoms with E-state index >= 15 is 0 Å². The lowest BCUT2D eigenvalue weighted by Crippen LogP contribution is -2.24. The molecule has 0 bridgehead atoms. The number of hydrazone groups is 1. The van der Waals surface area contributed by atoms with Gasteiger partial charge < -0.3 is 14.2 Å². The zero-order valence-corrected chi connectivity index (χ0v) is 18.6. The van der Waals surface area contributed by atoms with Crippen LogP contribution >= 0.6 is 0 Å². The quantitative estimate of drug-likeness (QED) is 0.187. The van der Waals surface area contributed by atoms with Gasteiger partial charge in [-0.1, -0.05) is 31.9 Å². The maximum atomic E-state index is 12.0. The molecule has 170 valence electrons. The number of aryl methyl sites for hydroxylation is 1. The number of unbranched alkanes of at least 4 members (excludes halogenated alkanes) is 2. The molecule has 0 aliphatic carbocycles. The minimum atomic E-state index is -0.548. The summed E-state index contributed by atoms with van der Waals surface area (Å²) in [5, 5.41) is 3.86. The lowest BCUT2D eigenvalue weighted by atomic mass is 10.1. The Kier molecular flexibility index (Phi) is 9.90. The van der Waals surface area contributed by atoms with Crippen LogP contribution in [0.5, 0.6) is 17.2 Å². The van der Waals surface area contributed by atoms with Crippen molar-refractivity contribution in [2.24, 2.45) is 5.10 Å². The van der Waals surface area contributed by atoms with E-state index < -0.39 is 17.8 Å². The maximum absolute atomic E-state index is 12.0.